The SMILES string of the molecule is COC(=O)C(C)(O)CN1CCC(OC)CC1. The molecule has 1 heterocycles. The highest BCUT2D eigenvalue weighted by Gasteiger charge is 2.34. The maximum atomic E-state index is 11.3. The molecular weight excluding hydrogens is 210 g/mol. The van der Waals surface area contributed by atoms with E-state index in [1.54, 1.807) is 7.11 Å². The number of esters is 1. The van der Waals surface area contributed by atoms with Crippen LogP contribution in [0.25, 0.3) is 0 Å². The van der Waals surface area contributed by atoms with Crippen LogP contribution in [0.5, 0.6) is 0 Å². The Bertz CT molecular complexity index is 234. The van der Waals surface area contributed by atoms with Crippen LogP contribution < -0.4 is 0 Å². The number of carbonyl (C=O) groups is 1. The van der Waals surface area contributed by atoms with Crippen LogP contribution in [0.15, 0.2) is 0 Å². The fourth-order valence-corrected chi connectivity index (χ4v) is 2.02. The quantitative estimate of drug-likeness (QED) is 0.691. The number of methoxy groups -OCH3 is 2. The van der Waals surface area contributed by atoms with Gasteiger partial charge in [-0.1, -0.05) is 0 Å². The molecular formula is C11H21NO4. The van der Waals surface area contributed by atoms with Gasteiger partial charge >= 0.3 is 5.97 Å². The van der Waals surface area contributed by atoms with Gasteiger partial charge in [0.1, 0.15) is 0 Å². The van der Waals surface area contributed by atoms with Gasteiger partial charge in [-0.2, -0.15) is 0 Å². The summed E-state index contributed by atoms with van der Waals surface area (Å²) in [7, 11) is 3.00. The van der Waals surface area contributed by atoms with Crippen LogP contribution in [-0.2, 0) is 14.3 Å². The van der Waals surface area contributed by atoms with E-state index in [9.17, 15) is 9.90 Å². The molecule has 1 aliphatic rings. The minimum absolute atomic E-state index is 0.305. The Hall–Kier alpha value is -0.650. The Morgan fingerprint density at radius 1 is 1.44 bits per heavy atom. The molecule has 1 unspecified atom stereocenters. The predicted molar refractivity (Wildman–Crippen MR) is 59.1 cm³/mol. The topological polar surface area (TPSA) is 59.0 Å². The highest BCUT2D eigenvalue weighted by atomic mass is 16.5. The Kier molecular flexibility index (Phi) is 4.70. The number of hydrogen-bond donors (Lipinski definition) is 1. The zero-order valence-corrected chi connectivity index (χ0v) is 10.2. The summed E-state index contributed by atoms with van der Waals surface area (Å²) < 4.78 is 9.82. The zero-order valence-electron chi connectivity index (χ0n) is 10.2. The second kappa shape index (κ2) is 5.61. The first-order valence-corrected chi connectivity index (χ1v) is 5.55. The van der Waals surface area contributed by atoms with E-state index in [2.05, 4.69) is 9.64 Å². The van der Waals surface area contributed by atoms with Gasteiger partial charge in [0.2, 0.25) is 0 Å². The summed E-state index contributed by atoms with van der Waals surface area (Å²) in [6.07, 6.45) is 2.18. The van der Waals surface area contributed by atoms with E-state index in [0.29, 0.717) is 12.6 Å². The summed E-state index contributed by atoms with van der Waals surface area (Å²) in [4.78, 5) is 13.4. The van der Waals surface area contributed by atoms with Crippen molar-refractivity contribution in [3.05, 3.63) is 0 Å². The maximum Gasteiger partial charge on any atom is 0.338 e. The van der Waals surface area contributed by atoms with Gasteiger partial charge in [0.05, 0.1) is 13.2 Å². The highest BCUT2D eigenvalue weighted by Crippen LogP contribution is 2.16. The summed E-state index contributed by atoms with van der Waals surface area (Å²) in [6, 6.07) is 0. The lowest BCUT2D eigenvalue weighted by molar-refractivity contribution is -0.162. The Morgan fingerprint density at radius 2 is 2.00 bits per heavy atom. The monoisotopic (exact) mass is 231 g/mol. The first kappa shape index (κ1) is 13.4. The fourth-order valence-electron chi connectivity index (χ4n) is 2.02. The third kappa shape index (κ3) is 3.43. The lowest BCUT2D eigenvalue weighted by Crippen LogP contribution is -2.50. The van der Waals surface area contributed by atoms with Gasteiger partial charge in [0.25, 0.3) is 0 Å². The summed E-state index contributed by atoms with van der Waals surface area (Å²) in [6.45, 7) is 3.48. The summed E-state index contributed by atoms with van der Waals surface area (Å²) in [5.41, 5.74) is -1.42. The van der Waals surface area contributed by atoms with E-state index in [-0.39, 0.29) is 0 Å². The molecule has 5 heteroatoms. The molecule has 0 aromatic rings. The first-order chi connectivity index (χ1) is 7.49. The normalized spacial score (nSPS) is 22.8. The Morgan fingerprint density at radius 3 is 2.44 bits per heavy atom. The van der Waals surface area contributed by atoms with Crippen LogP contribution in [0.2, 0.25) is 0 Å². The zero-order chi connectivity index (χ0) is 12.2. The van der Waals surface area contributed by atoms with Crippen LogP contribution in [0.1, 0.15) is 19.8 Å². The van der Waals surface area contributed by atoms with Crippen molar-refractivity contribution in [3.63, 3.8) is 0 Å². The second-order valence-electron chi connectivity index (χ2n) is 4.48. The van der Waals surface area contributed by atoms with E-state index in [0.717, 1.165) is 25.9 Å². The van der Waals surface area contributed by atoms with Crippen molar-refractivity contribution in [1.29, 1.82) is 0 Å². The van der Waals surface area contributed by atoms with E-state index in [1.165, 1.54) is 14.0 Å². The highest BCUT2D eigenvalue weighted by molar-refractivity contribution is 5.78. The Balaban J connectivity index is 2.41. The van der Waals surface area contributed by atoms with Crippen LogP contribution >= 0.6 is 0 Å². The summed E-state index contributed by atoms with van der Waals surface area (Å²) in [5, 5.41) is 9.91. The van der Waals surface area contributed by atoms with Gasteiger partial charge in [0.15, 0.2) is 5.60 Å². The average molecular weight is 231 g/mol. The minimum Gasteiger partial charge on any atom is -0.467 e. The molecule has 0 aliphatic carbocycles. The van der Waals surface area contributed by atoms with Crippen molar-refractivity contribution in [2.24, 2.45) is 0 Å². The van der Waals surface area contributed by atoms with Crippen LogP contribution in [0, 0.1) is 0 Å². The smallest absolute Gasteiger partial charge is 0.338 e. The van der Waals surface area contributed by atoms with Crippen molar-refractivity contribution in [3.8, 4) is 0 Å². The molecule has 5 nitrogen and oxygen atoms in total. The minimum atomic E-state index is -1.42. The molecule has 1 fully saturated rings. The second-order valence-corrected chi connectivity index (χ2v) is 4.48. The average Bonchev–Trinajstić information content (AvgIpc) is 2.28. The number of carbonyl (C=O) groups excluding carboxylic acids is 1. The lowest BCUT2D eigenvalue weighted by atomic mass is 10.0. The number of likely N-dealkylation sites (tertiary alicyclic amines) is 1. The van der Waals surface area contributed by atoms with Crippen molar-refractivity contribution >= 4 is 5.97 Å². The van der Waals surface area contributed by atoms with Crippen LogP contribution in [0.4, 0.5) is 0 Å². The van der Waals surface area contributed by atoms with Gasteiger partial charge in [-0.05, 0) is 19.8 Å². The molecule has 1 N–H and O–H groups in total. The van der Waals surface area contributed by atoms with E-state index in [4.69, 9.17) is 4.74 Å². The molecule has 1 saturated heterocycles. The van der Waals surface area contributed by atoms with Crippen LogP contribution in [0.3, 0.4) is 0 Å². The number of ether oxygens (including phenoxy) is 2. The largest absolute Gasteiger partial charge is 0.467 e. The van der Waals surface area contributed by atoms with Gasteiger partial charge in [-0.15, -0.1) is 0 Å². The van der Waals surface area contributed by atoms with Crippen molar-refractivity contribution in [2.45, 2.75) is 31.5 Å². The molecule has 0 amide bonds. The van der Waals surface area contributed by atoms with Crippen molar-refractivity contribution in [1.82, 2.24) is 4.90 Å². The summed E-state index contributed by atoms with van der Waals surface area (Å²) >= 11 is 0. The Labute approximate surface area is 96.3 Å². The standard InChI is InChI=1S/C11H21NO4/c1-11(14,10(13)16-3)8-12-6-4-9(15-2)5-7-12/h9,14H,4-8H2,1-3H3. The summed E-state index contributed by atoms with van der Waals surface area (Å²) in [5.74, 6) is -0.582. The molecule has 0 radical (unpaired) electrons. The van der Waals surface area contributed by atoms with Gasteiger partial charge in [0, 0.05) is 26.7 Å². The molecule has 1 rings (SSSR count). The molecule has 0 saturated carbocycles. The third-order valence-electron chi connectivity index (χ3n) is 3.02. The van der Waals surface area contributed by atoms with Gasteiger partial charge in [-0.25, -0.2) is 4.79 Å². The molecule has 0 aromatic heterocycles. The maximum absolute atomic E-state index is 11.3. The lowest BCUT2D eigenvalue weighted by Gasteiger charge is -2.34. The third-order valence-corrected chi connectivity index (χ3v) is 3.02. The van der Waals surface area contributed by atoms with Gasteiger partial charge in [-0.3, -0.25) is 4.90 Å². The van der Waals surface area contributed by atoms with Crippen LogP contribution in [-0.4, -0.2) is 61.5 Å². The van der Waals surface area contributed by atoms with Gasteiger partial charge < -0.3 is 14.6 Å². The number of hydrogen-bond acceptors (Lipinski definition) is 5. The van der Waals surface area contributed by atoms with E-state index in [1.807, 2.05) is 0 Å². The van der Waals surface area contributed by atoms with E-state index < -0.39 is 11.6 Å². The van der Waals surface area contributed by atoms with Crippen molar-refractivity contribution in [2.75, 3.05) is 33.9 Å². The predicted octanol–water partition coefficient (Wildman–Crippen LogP) is 0.0212. The molecule has 1 aliphatic heterocycles. The molecule has 0 bridgehead atoms. The first-order valence-electron chi connectivity index (χ1n) is 5.55. The number of aliphatic hydroxyl groups is 1. The number of nitrogens with zero attached hydrogens (tertiary/aromatic N) is 1. The van der Waals surface area contributed by atoms with E-state index >= 15 is 0 Å². The molecule has 94 valence electrons. The molecule has 0 spiro atoms. The molecule has 1 atom stereocenters. The number of rotatable bonds is 4. The molecule has 0 aromatic carbocycles. The fraction of sp³-hybridized carbons (Fsp3) is 0.909. The van der Waals surface area contributed by atoms with Crippen molar-refractivity contribution < 1.29 is 19.4 Å². The number of β-amino-alcohol motifs (C(OH)–C–C–N with tert-alkyl or cyclic N) is 1. The molecule has 16 heavy (non-hydrogen) atoms. The number of piperidine rings is 1.